The third kappa shape index (κ3) is 26.9. The zero-order chi connectivity index (χ0) is 28.3. The van der Waals surface area contributed by atoms with Gasteiger partial charge in [-0.3, -0.25) is 19.9 Å². The van der Waals surface area contributed by atoms with Crippen LogP contribution in [-0.2, 0) is 0 Å². The first-order valence-electron chi connectivity index (χ1n) is 10.0. The van der Waals surface area contributed by atoms with Crippen LogP contribution in [0.1, 0.15) is 15.0 Å². The van der Waals surface area contributed by atoms with E-state index in [0.717, 1.165) is 54.3 Å². The number of hydrogen-bond donors (Lipinski definition) is 0. The Labute approximate surface area is 255 Å². The standard InChI is InChI=1S/C18H21N7S3.2ClHO4.Mg/c1(19-13-16-22-4-10-26-16)7-25(8-2-20-14-17-23-5-11-27-17)9-3-21-15-18-24-6-12-28-18;2*2-1(3,4)5;/h4-6,10-15H,1-3,7-9H2;2*(H,2,3,4,5);/q;;;+2/p-2. The topological polar surface area (TPSA) is 263 Å². The van der Waals surface area contributed by atoms with E-state index < -0.39 is 20.5 Å². The van der Waals surface area contributed by atoms with E-state index >= 15 is 0 Å². The van der Waals surface area contributed by atoms with Crippen LogP contribution in [0.3, 0.4) is 0 Å². The van der Waals surface area contributed by atoms with Gasteiger partial charge < -0.3 is 0 Å². The van der Waals surface area contributed by atoms with Crippen LogP contribution in [0.25, 0.3) is 0 Å². The number of aliphatic imine (C=N–C) groups is 3. The summed E-state index contributed by atoms with van der Waals surface area (Å²) in [5, 5.41) is 8.67. The van der Waals surface area contributed by atoms with Gasteiger partial charge in [-0.05, 0) is 0 Å². The van der Waals surface area contributed by atoms with Crippen LogP contribution in [-0.4, -0.2) is 101 Å². The van der Waals surface area contributed by atoms with Gasteiger partial charge in [0.05, 0.1) is 38.3 Å². The molecule has 0 amide bonds. The van der Waals surface area contributed by atoms with Crippen molar-refractivity contribution in [1.82, 2.24) is 19.9 Å². The second kappa shape index (κ2) is 21.6. The van der Waals surface area contributed by atoms with Crippen molar-refractivity contribution in [2.24, 2.45) is 15.0 Å². The quantitative estimate of drug-likeness (QED) is 0.130. The van der Waals surface area contributed by atoms with Crippen molar-refractivity contribution < 1.29 is 57.8 Å². The first-order chi connectivity index (χ1) is 17.9. The summed E-state index contributed by atoms with van der Waals surface area (Å²) in [5.41, 5.74) is 0. The van der Waals surface area contributed by atoms with E-state index in [9.17, 15) is 0 Å². The van der Waals surface area contributed by atoms with E-state index in [2.05, 4.69) is 34.8 Å². The fourth-order valence-corrected chi connectivity index (χ4v) is 3.81. The first-order valence-corrected chi connectivity index (χ1v) is 15.1. The van der Waals surface area contributed by atoms with Crippen molar-refractivity contribution in [2.75, 3.05) is 39.3 Å². The van der Waals surface area contributed by atoms with Gasteiger partial charge in [-0.2, -0.15) is 0 Å². The number of nitrogens with zero attached hydrogens (tertiary/aromatic N) is 7. The maximum atomic E-state index is 8.49. The van der Waals surface area contributed by atoms with Gasteiger partial charge in [-0.1, -0.05) is 0 Å². The molecule has 0 radical (unpaired) electrons. The number of halogens is 2. The molecule has 0 N–H and O–H groups in total. The maximum absolute atomic E-state index is 8.49. The van der Waals surface area contributed by atoms with Crippen LogP contribution in [0.5, 0.6) is 0 Å². The molecule has 3 aromatic rings. The van der Waals surface area contributed by atoms with E-state index in [1.54, 1.807) is 52.6 Å². The summed E-state index contributed by atoms with van der Waals surface area (Å²) >= 11 is 4.77. The second-order valence-electron chi connectivity index (χ2n) is 6.31. The third-order valence-corrected chi connectivity index (χ3v) is 5.73. The van der Waals surface area contributed by atoms with Crippen molar-refractivity contribution in [3.8, 4) is 0 Å². The largest absolute Gasteiger partial charge is 2.00 e. The van der Waals surface area contributed by atoms with Crippen molar-refractivity contribution >= 4 is 75.7 Å². The Kier molecular flexibility index (Phi) is 21.0. The van der Waals surface area contributed by atoms with Crippen molar-refractivity contribution in [1.29, 1.82) is 0 Å². The molecular weight excluding hydrogens is 634 g/mol. The fourth-order valence-electron chi connectivity index (χ4n) is 2.26. The predicted molar refractivity (Wildman–Crippen MR) is 126 cm³/mol. The number of hydrogen-bond acceptors (Lipinski definition) is 18. The molecule has 0 unspecified atom stereocenters. The molecule has 0 saturated heterocycles. The number of thiazole rings is 3. The predicted octanol–water partition coefficient (Wildman–Crippen LogP) is -6.88. The minimum Gasteiger partial charge on any atom is -0.298 e. The van der Waals surface area contributed by atoms with Crippen LogP contribution >= 0.6 is 34.0 Å². The molecule has 3 rings (SSSR count). The molecule has 21 heteroatoms. The molecule has 210 valence electrons. The van der Waals surface area contributed by atoms with Crippen LogP contribution in [0.15, 0.2) is 49.7 Å². The van der Waals surface area contributed by atoms with E-state index in [4.69, 9.17) is 37.3 Å². The Morgan fingerprint density at radius 1 is 0.590 bits per heavy atom. The van der Waals surface area contributed by atoms with Gasteiger partial charge in [0, 0.05) is 54.4 Å². The molecule has 39 heavy (non-hydrogen) atoms. The van der Waals surface area contributed by atoms with Crippen LogP contribution in [0.4, 0.5) is 0 Å². The summed E-state index contributed by atoms with van der Waals surface area (Å²) in [7, 11) is -9.89. The molecule has 3 heterocycles. The Morgan fingerprint density at radius 3 is 1.05 bits per heavy atom. The summed E-state index contributed by atoms with van der Waals surface area (Å²) < 4.78 is 67.9. The zero-order valence-corrected chi connectivity index (χ0v) is 25.4. The van der Waals surface area contributed by atoms with E-state index in [1.165, 1.54) is 0 Å². The molecule has 3 aromatic heterocycles. The summed E-state index contributed by atoms with van der Waals surface area (Å²) in [5.74, 6) is 0. The van der Waals surface area contributed by atoms with Crippen molar-refractivity contribution in [3.05, 3.63) is 49.8 Å². The molecule has 0 aromatic carbocycles. The van der Waals surface area contributed by atoms with Crippen LogP contribution in [0.2, 0.25) is 0 Å². The molecule has 0 atom stereocenters. The maximum Gasteiger partial charge on any atom is 2.00 e. The van der Waals surface area contributed by atoms with Gasteiger partial charge in [0.25, 0.3) is 0 Å². The van der Waals surface area contributed by atoms with Crippen molar-refractivity contribution in [2.45, 2.75) is 0 Å². The average molecular weight is 655 g/mol. The summed E-state index contributed by atoms with van der Waals surface area (Å²) in [6.45, 7) is 4.77. The molecule has 0 fully saturated rings. The van der Waals surface area contributed by atoms with Gasteiger partial charge in [0.15, 0.2) is 0 Å². The Hall–Kier alpha value is -1.11. The first kappa shape index (κ1) is 37.9. The second-order valence-corrected chi connectivity index (χ2v) is 10.6. The van der Waals surface area contributed by atoms with Crippen LogP contribution < -0.4 is 37.3 Å². The SMILES string of the molecule is C(=NCCN(CCN=Cc1nccs1)CCN=Cc1nccs1)c1nccs1.[Mg+2].[O-][Cl+3]([O-])([O-])[O-].[O-][Cl+3]([O-])([O-])[O-]. The van der Waals surface area contributed by atoms with E-state index in [0.29, 0.717) is 0 Å². The van der Waals surface area contributed by atoms with Gasteiger partial charge in [0.2, 0.25) is 0 Å². The van der Waals surface area contributed by atoms with Crippen LogP contribution in [0, 0.1) is 20.5 Å². The molecular formula is C18H21Cl2MgN7O8S3. The summed E-state index contributed by atoms with van der Waals surface area (Å²) in [6.07, 6.45) is 10.9. The Morgan fingerprint density at radius 2 is 0.846 bits per heavy atom. The average Bonchev–Trinajstić information content (AvgIpc) is 3.58. The summed E-state index contributed by atoms with van der Waals surface area (Å²) in [4.78, 5) is 28.4. The molecule has 0 spiro atoms. The van der Waals surface area contributed by atoms with Crippen molar-refractivity contribution in [3.63, 3.8) is 0 Å². The Bertz CT molecular complexity index is 913. The third-order valence-electron chi connectivity index (χ3n) is 3.60. The monoisotopic (exact) mass is 653 g/mol. The minimum atomic E-state index is -4.94. The molecule has 0 saturated carbocycles. The van der Waals surface area contributed by atoms with Gasteiger partial charge in [0.1, 0.15) is 15.0 Å². The summed E-state index contributed by atoms with van der Waals surface area (Å²) in [6, 6.07) is 0. The van der Waals surface area contributed by atoms with Gasteiger partial charge >= 0.3 is 23.1 Å². The zero-order valence-electron chi connectivity index (χ0n) is 20.0. The normalized spacial score (nSPS) is 11.9. The van der Waals surface area contributed by atoms with E-state index in [1.807, 2.05) is 34.8 Å². The van der Waals surface area contributed by atoms with E-state index in [-0.39, 0.29) is 23.1 Å². The molecule has 0 bridgehead atoms. The molecule has 0 aliphatic carbocycles. The minimum absolute atomic E-state index is 0. The number of rotatable bonds is 12. The molecule has 15 nitrogen and oxygen atoms in total. The van der Waals surface area contributed by atoms with Gasteiger partial charge in [-0.15, -0.1) is 54.5 Å². The fraction of sp³-hybridized carbons (Fsp3) is 0.333. The van der Waals surface area contributed by atoms with Gasteiger partial charge in [-0.25, -0.2) is 52.2 Å². The molecule has 0 aliphatic heterocycles. The molecule has 0 aliphatic rings. The Balaban J connectivity index is 0.00000113. The number of aromatic nitrogens is 3. The smallest absolute Gasteiger partial charge is 0.298 e.